The number of amides is 3. The van der Waals surface area contributed by atoms with E-state index in [1.807, 2.05) is 0 Å². The predicted molar refractivity (Wildman–Crippen MR) is 126 cm³/mol. The maximum Gasteiger partial charge on any atom is 0.411 e. The lowest BCUT2D eigenvalue weighted by Crippen LogP contribution is -2.48. The fourth-order valence-corrected chi connectivity index (χ4v) is 4.26. The number of carbonyl (C=O) groups is 3. The van der Waals surface area contributed by atoms with E-state index in [1.54, 1.807) is 36.4 Å². The lowest BCUT2D eigenvalue weighted by molar-refractivity contribution is -0.126. The fourth-order valence-electron chi connectivity index (χ4n) is 4.26. The summed E-state index contributed by atoms with van der Waals surface area (Å²) in [6.07, 6.45) is -1.52. The van der Waals surface area contributed by atoms with Crippen LogP contribution in [0.5, 0.6) is 0 Å². The van der Waals surface area contributed by atoms with E-state index in [9.17, 15) is 18.8 Å². The number of morpholine rings is 1. The number of benzene rings is 2. The Kier molecular flexibility index (Phi) is 7.94. The van der Waals surface area contributed by atoms with Gasteiger partial charge in [-0.15, -0.1) is 0 Å². The first kappa shape index (κ1) is 24.6. The van der Waals surface area contributed by atoms with Crippen molar-refractivity contribution in [2.24, 2.45) is 0 Å². The van der Waals surface area contributed by atoms with Gasteiger partial charge < -0.3 is 20.1 Å². The molecular formula is C25H29FN4O5. The van der Waals surface area contributed by atoms with Crippen molar-refractivity contribution < 1.29 is 28.2 Å². The summed E-state index contributed by atoms with van der Waals surface area (Å²) in [5.74, 6) is -0.968. The molecule has 10 heteroatoms. The van der Waals surface area contributed by atoms with Crippen LogP contribution in [0.4, 0.5) is 14.9 Å². The molecule has 35 heavy (non-hydrogen) atoms. The van der Waals surface area contributed by atoms with E-state index in [0.717, 1.165) is 13.1 Å². The Morgan fingerprint density at radius 1 is 1.11 bits per heavy atom. The Labute approximate surface area is 203 Å². The summed E-state index contributed by atoms with van der Waals surface area (Å²) in [4.78, 5) is 41.3. The van der Waals surface area contributed by atoms with Crippen molar-refractivity contribution >= 4 is 23.6 Å². The lowest BCUT2D eigenvalue weighted by Gasteiger charge is -2.28. The number of nitrogens with one attached hydrogen (secondary N) is 2. The summed E-state index contributed by atoms with van der Waals surface area (Å²) < 4.78 is 24.4. The topological polar surface area (TPSA) is 100 Å². The number of hydrogen-bond donors (Lipinski definition) is 2. The van der Waals surface area contributed by atoms with Crippen LogP contribution in [0.15, 0.2) is 48.5 Å². The number of ether oxygens (including phenoxy) is 2. The SMILES string of the molecule is CC(=O)Nc1cccc(C2OC(=O)N(Cc3ccc(F)cc3)C2C(=O)NCCN2CCOCC2)c1. The quantitative estimate of drug-likeness (QED) is 0.597. The van der Waals surface area contributed by atoms with Crippen LogP contribution >= 0.6 is 0 Å². The highest BCUT2D eigenvalue weighted by Crippen LogP contribution is 2.35. The minimum Gasteiger partial charge on any atom is -0.438 e. The number of hydrogen-bond acceptors (Lipinski definition) is 6. The van der Waals surface area contributed by atoms with E-state index in [4.69, 9.17) is 9.47 Å². The number of halogens is 1. The zero-order valence-electron chi connectivity index (χ0n) is 19.5. The van der Waals surface area contributed by atoms with E-state index < -0.39 is 18.2 Å². The minimum absolute atomic E-state index is 0.0859. The molecule has 0 radical (unpaired) electrons. The molecular weight excluding hydrogens is 455 g/mol. The van der Waals surface area contributed by atoms with E-state index in [2.05, 4.69) is 15.5 Å². The molecule has 186 valence electrons. The summed E-state index contributed by atoms with van der Waals surface area (Å²) in [5.41, 5.74) is 1.79. The molecule has 2 aromatic carbocycles. The molecule has 0 aromatic heterocycles. The molecule has 0 bridgehead atoms. The Hall–Kier alpha value is -3.50. The molecule has 2 heterocycles. The van der Waals surface area contributed by atoms with Gasteiger partial charge in [0.1, 0.15) is 5.82 Å². The predicted octanol–water partition coefficient (Wildman–Crippen LogP) is 2.29. The maximum absolute atomic E-state index is 13.4. The number of carbonyl (C=O) groups excluding carboxylic acids is 3. The average Bonchev–Trinajstić information content (AvgIpc) is 3.17. The highest BCUT2D eigenvalue weighted by Gasteiger charge is 2.47. The first-order chi connectivity index (χ1) is 16.9. The molecule has 0 saturated carbocycles. The van der Waals surface area contributed by atoms with Crippen molar-refractivity contribution in [3.63, 3.8) is 0 Å². The molecule has 2 aliphatic heterocycles. The molecule has 2 aromatic rings. The van der Waals surface area contributed by atoms with Crippen molar-refractivity contribution in [1.82, 2.24) is 15.1 Å². The van der Waals surface area contributed by atoms with Crippen LogP contribution in [0.2, 0.25) is 0 Å². The number of cyclic esters (lactones) is 1. The van der Waals surface area contributed by atoms with Gasteiger partial charge in [-0.05, 0) is 35.4 Å². The first-order valence-electron chi connectivity index (χ1n) is 11.6. The molecule has 9 nitrogen and oxygen atoms in total. The van der Waals surface area contributed by atoms with Crippen LogP contribution in [0.3, 0.4) is 0 Å². The van der Waals surface area contributed by atoms with Gasteiger partial charge in [-0.3, -0.25) is 19.4 Å². The smallest absolute Gasteiger partial charge is 0.411 e. The third-order valence-corrected chi connectivity index (χ3v) is 5.99. The second kappa shape index (κ2) is 11.3. The summed E-state index contributed by atoms with van der Waals surface area (Å²) in [7, 11) is 0. The van der Waals surface area contributed by atoms with Gasteiger partial charge in [-0.25, -0.2) is 9.18 Å². The molecule has 3 amide bonds. The molecule has 0 aliphatic carbocycles. The van der Waals surface area contributed by atoms with Crippen molar-refractivity contribution in [2.45, 2.75) is 25.6 Å². The molecule has 2 fully saturated rings. The zero-order chi connectivity index (χ0) is 24.8. The third-order valence-electron chi connectivity index (χ3n) is 5.99. The van der Waals surface area contributed by atoms with Crippen LogP contribution < -0.4 is 10.6 Å². The van der Waals surface area contributed by atoms with Gasteiger partial charge in [-0.2, -0.15) is 0 Å². The Morgan fingerprint density at radius 2 is 1.86 bits per heavy atom. The Bertz CT molecular complexity index is 1060. The largest absolute Gasteiger partial charge is 0.438 e. The van der Waals surface area contributed by atoms with Crippen LogP contribution in [-0.2, 0) is 25.6 Å². The summed E-state index contributed by atoms with van der Waals surface area (Å²) >= 11 is 0. The van der Waals surface area contributed by atoms with E-state index in [0.29, 0.717) is 43.1 Å². The summed E-state index contributed by atoms with van der Waals surface area (Å²) in [6.45, 7) is 5.49. The molecule has 2 aliphatic rings. The number of nitrogens with zero attached hydrogens (tertiary/aromatic N) is 2. The van der Waals surface area contributed by atoms with Crippen LogP contribution in [0.25, 0.3) is 0 Å². The maximum atomic E-state index is 13.4. The van der Waals surface area contributed by atoms with Gasteiger partial charge in [0, 0.05) is 38.8 Å². The standard InChI is InChI=1S/C25H29FN4O5/c1-17(31)28-21-4-2-3-19(15-21)23-22(24(32)27-9-10-29-11-13-34-14-12-29)30(25(33)35-23)16-18-5-7-20(26)8-6-18/h2-8,15,22-23H,9-14,16H2,1H3,(H,27,32)(H,28,31). The van der Waals surface area contributed by atoms with E-state index in [-0.39, 0.29) is 24.2 Å². The van der Waals surface area contributed by atoms with Gasteiger partial charge in [0.15, 0.2) is 12.1 Å². The van der Waals surface area contributed by atoms with Crippen LogP contribution in [0, 0.1) is 5.82 Å². The van der Waals surface area contributed by atoms with Crippen molar-refractivity contribution in [3.8, 4) is 0 Å². The Balaban J connectivity index is 1.54. The number of rotatable bonds is 8. The normalized spacial score (nSPS) is 20.4. The second-order valence-corrected chi connectivity index (χ2v) is 8.56. The lowest BCUT2D eigenvalue weighted by atomic mass is 10.00. The molecule has 2 atom stereocenters. The second-order valence-electron chi connectivity index (χ2n) is 8.56. The molecule has 2 N–H and O–H groups in total. The molecule has 2 unspecified atom stereocenters. The van der Waals surface area contributed by atoms with Gasteiger partial charge in [-0.1, -0.05) is 24.3 Å². The fraction of sp³-hybridized carbons (Fsp3) is 0.400. The monoisotopic (exact) mass is 484 g/mol. The van der Waals surface area contributed by atoms with Crippen molar-refractivity contribution in [1.29, 1.82) is 0 Å². The number of anilines is 1. The van der Waals surface area contributed by atoms with E-state index >= 15 is 0 Å². The van der Waals surface area contributed by atoms with Crippen LogP contribution in [-0.4, -0.2) is 73.1 Å². The molecule has 4 rings (SSSR count). The van der Waals surface area contributed by atoms with Crippen molar-refractivity contribution in [2.75, 3.05) is 44.7 Å². The van der Waals surface area contributed by atoms with E-state index in [1.165, 1.54) is 24.0 Å². The van der Waals surface area contributed by atoms with Gasteiger partial charge in [0.25, 0.3) is 0 Å². The minimum atomic E-state index is -0.940. The highest BCUT2D eigenvalue weighted by molar-refractivity contribution is 5.90. The van der Waals surface area contributed by atoms with Gasteiger partial charge in [0.05, 0.1) is 19.8 Å². The Morgan fingerprint density at radius 3 is 2.57 bits per heavy atom. The third kappa shape index (κ3) is 6.34. The molecule has 2 saturated heterocycles. The van der Waals surface area contributed by atoms with Crippen molar-refractivity contribution in [3.05, 3.63) is 65.5 Å². The van der Waals surface area contributed by atoms with Gasteiger partial charge in [0.2, 0.25) is 11.8 Å². The summed E-state index contributed by atoms with van der Waals surface area (Å²) in [6, 6.07) is 11.7. The average molecular weight is 485 g/mol. The van der Waals surface area contributed by atoms with Gasteiger partial charge >= 0.3 is 6.09 Å². The highest BCUT2D eigenvalue weighted by atomic mass is 19.1. The zero-order valence-corrected chi connectivity index (χ0v) is 19.5. The first-order valence-corrected chi connectivity index (χ1v) is 11.6. The van der Waals surface area contributed by atoms with Crippen LogP contribution in [0.1, 0.15) is 24.2 Å². The molecule has 0 spiro atoms. The summed E-state index contributed by atoms with van der Waals surface area (Å²) in [5, 5.41) is 5.64.